The largest absolute Gasteiger partial charge is 0.487 e. The van der Waals surface area contributed by atoms with E-state index in [1.54, 1.807) is 6.20 Å². The van der Waals surface area contributed by atoms with Crippen LogP contribution in [0.5, 0.6) is 5.75 Å². The molecular weight excluding hydrogens is 332 g/mol. The highest BCUT2D eigenvalue weighted by molar-refractivity contribution is 7.15. The summed E-state index contributed by atoms with van der Waals surface area (Å²) in [5.41, 5.74) is 2.00. The van der Waals surface area contributed by atoms with Crippen LogP contribution in [0.3, 0.4) is 0 Å². The Labute approximate surface area is 143 Å². The van der Waals surface area contributed by atoms with Gasteiger partial charge in [-0.15, -0.1) is 11.3 Å². The van der Waals surface area contributed by atoms with E-state index < -0.39 is 0 Å². The molecule has 0 saturated heterocycles. The molecule has 23 heavy (non-hydrogen) atoms. The monoisotopic (exact) mass is 348 g/mol. The molecule has 0 spiro atoms. The Morgan fingerprint density at radius 1 is 1.30 bits per heavy atom. The third-order valence-electron chi connectivity index (χ3n) is 3.27. The second-order valence-electron chi connectivity index (χ2n) is 4.92. The van der Waals surface area contributed by atoms with Crippen LogP contribution < -0.4 is 10.1 Å². The molecule has 7 heteroatoms. The second-order valence-corrected chi connectivity index (χ2v) is 6.62. The van der Waals surface area contributed by atoms with Crippen LogP contribution >= 0.6 is 22.9 Å². The lowest BCUT2D eigenvalue weighted by Gasteiger charge is -2.12. The van der Waals surface area contributed by atoms with Gasteiger partial charge in [0.15, 0.2) is 4.47 Å². The molecule has 0 fully saturated rings. The summed E-state index contributed by atoms with van der Waals surface area (Å²) < 4.78 is 8.36. The molecule has 0 amide bonds. The number of benzene rings is 1. The van der Waals surface area contributed by atoms with E-state index in [1.807, 2.05) is 41.3 Å². The fourth-order valence-electron chi connectivity index (χ4n) is 2.10. The summed E-state index contributed by atoms with van der Waals surface area (Å²) in [4.78, 5) is 5.12. The number of nitrogens with zero attached hydrogens (tertiary/aromatic N) is 3. The number of rotatable bonds is 7. The molecule has 0 radical (unpaired) electrons. The van der Waals surface area contributed by atoms with Crippen molar-refractivity contribution in [2.45, 2.75) is 26.6 Å². The number of aryl methyl sites for hydroxylation is 1. The van der Waals surface area contributed by atoms with Crippen LogP contribution in [0, 0.1) is 0 Å². The van der Waals surface area contributed by atoms with Gasteiger partial charge in [0.2, 0.25) is 0 Å². The first-order valence-electron chi connectivity index (χ1n) is 7.32. The van der Waals surface area contributed by atoms with E-state index in [9.17, 15) is 0 Å². The molecule has 3 rings (SSSR count). The van der Waals surface area contributed by atoms with Gasteiger partial charge in [-0.25, -0.2) is 4.98 Å². The molecule has 120 valence electrons. The second kappa shape index (κ2) is 7.48. The van der Waals surface area contributed by atoms with Crippen LogP contribution in [0.15, 0.2) is 42.9 Å². The predicted octanol–water partition coefficient (Wildman–Crippen LogP) is 4.20. The lowest BCUT2D eigenvalue weighted by atomic mass is 10.3. The number of hydrogen-bond donors (Lipinski definition) is 1. The quantitative estimate of drug-likeness (QED) is 0.695. The fourth-order valence-corrected chi connectivity index (χ4v) is 3.02. The van der Waals surface area contributed by atoms with Crippen LogP contribution in [0.2, 0.25) is 4.47 Å². The fraction of sp³-hybridized carbons (Fsp3) is 0.250. The van der Waals surface area contributed by atoms with Gasteiger partial charge in [-0.2, -0.15) is 5.10 Å². The Balaban J connectivity index is 1.62. The first kappa shape index (κ1) is 15.8. The molecule has 0 aliphatic rings. The number of thiazole rings is 1. The van der Waals surface area contributed by atoms with Crippen molar-refractivity contribution in [2.24, 2.45) is 0 Å². The first-order valence-corrected chi connectivity index (χ1v) is 8.51. The van der Waals surface area contributed by atoms with Gasteiger partial charge in [-0.3, -0.25) is 4.68 Å². The third kappa shape index (κ3) is 4.24. The minimum Gasteiger partial charge on any atom is -0.487 e. The average Bonchev–Trinajstić information content (AvgIpc) is 3.20. The van der Waals surface area contributed by atoms with Gasteiger partial charge in [0.1, 0.15) is 12.4 Å². The number of hydrogen-bond acceptors (Lipinski definition) is 5. The lowest BCUT2D eigenvalue weighted by Crippen LogP contribution is -2.02. The van der Waals surface area contributed by atoms with Gasteiger partial charge in [0, 0.05) is 29.4 Å². The van der Waals surface area contributed by atoms with Crippen molar-refractivity contribution in [1.29, 1.82) is 0 Å². The zero-order valence-electron chi connectivity index (χ0n) is 12.7. The van der Waals surface area contributed by atoms with Crippen molar-refractivity contribution in [3.8, 4) is 5.75 Å². The maximum absolute atomic E-state index is 5.92. The molecule has 1 aromatic carbocycles. The van der Waals surface area contributed by atoms with E-state index in [0.717, 1.165) is 28.4 Å². The van der Waals surface area contributed by atoms with Crippen molar-refractivity contribution in [1.82, 2.24) is 14.8 Å². The lowest BCUT2D eigenvalue weighted by molar-refractivity contribution is 0.307. The van der Waals surface area contributed by atoms with Crippen LogP contribution in [0.4, 0.5) is 5.69 Å². The van der Waals surface area contributed by atoms with Crippen LogP contribution in [-0.2, 0) is 19.7 Å². The summed E-state index contributed by atoms with van der Waals surface area (Å²) in [6.07, 6.45) is 5.61. The smallest absolute Gasteiger partial charge is 0.183 e. The SMILES string of the molecule is CCn1cc(COc2ccccc2NCc2cnc(Cl)s2)cn1. The highest BCUT2D eigenvalue weighted by Crippen LogP contribution is 2.26. The van der Waals surface area contributed by atoms with E-state index in [4.69, 9.17) is 16.3 Å². The molecule has 1 N–H and O–H groups in total. The van der Waals surface area contributed by atoms with Crippen molar-refractivity contribution < 1.29 is 4.74 Å². The minimum absolute atomic E-state index is 0.491. The summed E-state index contributed by atoms with van der Waals surface area (Å²) in [5, 5.41) is 7.61. The maximum atomic E-state index is 5.92. The highest BCUT2D eigenvalue weighted by atomic mass is 35.5. The molecule has 0 saturated carbocycles. The predicted molar refractivity (Wildman–Crippen MR) is 93.1 cm³/mol. The molecular formula is C16H17ClN4OS. The number of ether oxygens (including phenoxy) is 1. The van der Waals surface area contributed by atoms with Crippen molar-refractivity contribution in [2.75, 3.05) is 5.32 Å². The molecule has 0 aliphatic carbocycles. The van der Waals surface area contributed by atoms with Gasteiger partial charge >= 0.3 is 0 Å². The van der Waals surface area contributed by atoms with Crippen molar-refractivity contribution >= 4 is 28.6 Å². The summed E-state index contributed by atoms with van der Waals surface area (Å²) >= 11 is 7.32. The molecule has 2 aromatic heterocycles. The van der Waals surface area contributed by atoms with E-state index >= 15 is 0 Å². The van der Waals surface area contributed by atoms with E-state index in [-0.39, 0.29) is 0 Å². The van der Waals surface area contributed by atoms with Crippen molar-refractivity contribution in [3.63, 3.8) is 0 Å². The molecule has 3 aromatic rings. The van der Waals surface area contributed by atoms with E-state index in [2.05, 4.69) is 22.3 Å². The van der Waals surface area contributed by atoms with Gasteiger partial charge in [-0.1, -0.05) is 23.7 Å². The first-order chi connectivity index (χ1) is 11.2. The maximum Gasteiger partial charge on any atom is 0.183 e. The summed E-state index contributed by atoms with van der Waals surface area (Å²) in [7, 11) is 0. The zero-order chi connectivity index (χ0) is 16.1. The van der Waals surface area contributed by atoms with Gasteiger partial charge in [-0.05, 0) is 19.1 Å². The number of aromatic nitrogens is 3. The average molecular weight is 349 g/mol. The minimum atomic E-state index is 0.491. The summed E-state index contributed by atoms with van der Waals surface area (Å²) in [5.74, 6) is 0.812. The molecule has 0 atom stereocenters. The molecule has 0 unspecified atom stereocenters. The highest BCUT2D eigenvalue weighted by Gasteiger charge is 2.06. The Bertz CT molecular complexity index is 771. The number of halogens is 1. The number of para-hydroxylation sites is 2. The Morgan fingerprint density at radius 3 is 2.91 bits per heavy atom. The molecule has 0 bridgehead atoms. The van der Waals surface area contributed by atoms with Crippen LogP contribution in [0.1, 0.15) is 17.4 Å². The van der Waals surface area contributed by atoms with Crippen LogP contribution in [-0.4, -0.2) is 14.8 Å². The summed E-state index contributed by atoms with van der Waals surface area (Å²) in [6, 6.07) is 7.88. The van der Waals surface area contributed by atoms with Crippen LogP contribution in [0.25, 0.3) is 0 Å². The number of anilines is 1. The summed E-state index contributed by atoms with van der Waals surface area (Å²) in [6.45, 7) is 4.07. The van der Waals surface area contributed by atoms with Gasteiger partial charge < -0.3 is 10.1 Å². The van der Waals surface area contributed by atoms with E-state index in [0.29, 0.717) is 17.6 Å². The third-order valence-corrected chi connectivity index (χ3v) is 4.39. The Kier molecular flexibility index (Phi) is 5.15. The van der Waals surface area contributed by atoms with Gasteiger partial charge in [0.25, 0.3) is 0 Å². The standard InChI is InChI=1S/C16H17ClN4OS/c1-2-21-10-12(7-20-21)11-22-15-6-4-3-5-14(15)18-8-13-9-19-16(17)23-13/h3-7,9-10,18H,2,8,11H2,1H3. The molecule has 2 heterocycles. The molecule has 5 nitrogen and oxygen atoms in total. The molecule has 0 aliphatic heterocycles. The van der Waals surface area contributed by atoms with Gasteiger partial charge in [0.05, 0.1) is 18.4 Å². The number of nitrogens with one attached hydrogen (secondary N) is 1. The normalized spacial score (nSPS) is 10.7. The topological polar surface area (TPSA) is 52.0 Å². The van der Waals surface area contributed by atoms with E-state index in [1.165, 1.54) is 11.3 Å². The van der Waals surface area contributed by atoms with Crippen molar-refractivity contribution in [3.05, 3.63) is 57.8 Å². The Hall–Kier alpha value is -2.05. The Morgan fingerprint density at radius 2 is 2.17 bits per heavy atom. The zero-order valence-corrected chi connectivity index (χ0v) is 14.3.